The van der Waals surface area contributed by atoms with E-state index in [4.69, 9.17) is 0 Å². The van der Waals surface area contributed by atoms with Crippen molar-refractivity contribution in [2.75, 3.05) is 5.32 Å². The van der Waals surface area contributed by atoms with Gasteiger partial charge in [0.15, 0.2) is 0 Å². The first-order valence-electron chi connectivity index (χ1n) is 6.22. The molecule has 0 atom stereocenters. The highest BCUT2D eigenvalue weighted by molar-refractivity contribution is 6.07. The van der Waals surface area contributed by atoms with Crippen LogP contribution in [0, 0.1) is 0 Å². The number of carbonyl (C=O) groups excluding carboxylic acids is 1. The van der Waals surface area contributed by atoms with Gasteiger partial charge in [-0.2, -0.15) is 0 Å². The van der Waals surface area contributed by atoms with Crippen LogP contribution >= 0.6 is 0 Å². The third-order valence-corrected chi connectivity index (χ3v) is 4.07. The number of hydrogen-bond donors (Lipinski definition) is 1. The Hall–Kier alpha value is -1.31. The molecule has 2 nitrogen and oxygen atoms in total. The molecular formula is C14H17NO. The average molecular weight is 215 g/mol. The Bertz CT molecular complexity index is 446. The number of nitrogens with one attached hydrogen (secondary N) is 1. The normalized spacial score (nSPS) is 20.4. The summed E-state index contributed by atoms with van der Waals surface area (Å²) in [5.74, 6) is 0.234. The monoisotopic (exact) mass is 215 g/mol. The molecule has 0 saturated heterocycles. The number of hydrogen-bond acceptors (Lipinski definition) is 1. The van der Waals surface area contributed by atoms with Gasteiger partial charge in [0.2, 0.25) is 5.91 Å². The van der Waals surface area contributed by atoms with Crippen molar-refractivity contribution >= 4 is 11.6 Å². The van der Waals surface area contributed by atoms with Crippen molar-refractivity contribution < 1.29 is 4.79 Å². The molecule has 0 aromatic heterocycles. The van der Waals surface area contributed by atoms with Gasteiger partial charge < -0.3 is 5.32 Å². The standard InChI is InChI=1S/C14H17NO/c1-2-5-10-6-3-7-11-12(10)15-13(16)14(11)8-4-9-14/h3,6-7H,2,4-5,8-9H2,1H3,(H,15,16). The molecule has 16 heavy (non-hydrogen) atoms. The van der Waals surface area contributed by atoms with E-state index in [2.05, 4.69) is 30.4 Å². The highest BCUT2D eigenvalue weighted by Gasteiger charge is 2.51. The second-order valence-corrected chi connectivity index (χ2v) is 4.98. The molecule has 1 aromatic rings. The van der Waals surface area contributed by atoms with Crippen molar-refractivity contribution in [1.29, 1.82) is 0 Å². The van der Waals surface area contributed by atoms with Crippen LogP contribution in [-0.4, -0.2) is 5.91 Å². The summed E-state index contributed by atoms with van der Waals surface area (Å²) >= 11 is 0. The van der Waals surface area contributed by atoms with E-state index in [-0.39, 0.29) is 11.3 Å². The molecule has 1 spiro atoms. The lowest BCUT2D eigenvalue weighted by Crippen LogP contribution is -2.40. The van der Waals surface area contributed by atoms with E-state index >= 15 is 0 Å². The van der Waals surface area contributed by atoms with Crippen LogP contribution in [0.5, 0.6) is 0 Å². The summed E-state index contributed by atoms with van der Waals surface area (Å²) in [5, 5.41) is 3.10. The van der Waals surface area contributed by atoms with Gasteiger partial charge in [0, 0.05) is 5.69 Å². The molecule has 1 amide bonds. The summed E-state index contributed by atoms with van der Waals surface area (Å²) in [6.45, 7) is 2.18. The van der Waals surface area contributed by atoms with Crippen molar-refractivity contribution in [1.82, 2.24) is 0 Å². The zero-order chi connectivity index (χ0) is 11.2. The molecular weight excluding hydrogens is 198 g/mol. The number of para-hydroxylation sites is 1. The highest BCUT2D eigenvalue weighted by atomic mass is 16.2. The Balaban J connectivity index is 2.10. The number of fused-ring (bicyclic) bond motifs is 2. The second kappa shape index (κ2) is 3.34. The maximum atomic E-state index is 12.1. The van der Waals surface area contributed by atoms with Crippen LogP contribution in [0.3, 0.4) is 0 Å². The van der Waals surface area contributed by atoms with Crippen LogP contribution in [0.25, 0.3) is 0 Å². The molecule has 1 fully saturated rings. The van der Waals surface area contributed by atoms with Crippen molar-refractivity contribution in [3.05, 3.63) is 29.3 Å². The van der Waals surface area contributed by atoms with Crippen LogP contribution < -0.4 is 5.32 Å². The predicted molar refractivity (Wildman–Crippen MR) is 64.6 cm³/mol. The van der Waals surface area contributed by atoms with Gasteiger partial charge >= 0.3 is 0 Å². The van der Waals surface area contributed by atoms with Crippen LogP contribution in [0.15, 0.2) is 18.2 Å². The van der Waals surface area contributed by atoms with Crippen LogP contribution in [0.1, 0.15) is 43.7 Å². The van der Waals surface area contributed by atoms with Gasteiger partial charge in [-0.05, 0) is 30.4 Å². The third kappa shape index (κ3) is 1.10. The van der Waals surface area contributed by atoms with Crippen molar-refractivity contribution in [3.63, 3.8) is 0 Å². The number of carbonyl (C=O) groups is 1. The fourth-order valence-corrected chi connectivity index (χ4v) is 3.01. The zero-order valence-electron chi connectivity index (χ0n) is 9.68. The molecule has 0 unspecified atom stereocenters. The molecule has 1 aliphatic carbocycles. The Morgan fingerprint density at radius 1 is 1.38 bits per heavy atom. The van der Waals surface area contributed by atoms with Crippen molar-refractivity contribution in [2.45, 2.75) is 44.4 Å². The topological polar surface area (TPSA) is 29.1 Å². The lowest BCUT2D eigenvalue weighted by molar-refractivity contribution is -0.123. The van der Waals surface area contributed by atoms with Gasteiger partial charge in [-0.15, -0.1) is 0 Å². The fraction of sp³-hybridized carbons (Fsp3) is 0.500. The van der Waals surface area contributed by atoms with Gasteiger partial charge in [-0.1, -0.05) is 38.0 Å². The SMILES string of the molecule is CCCc1cccc2c1NC(=O)C21CCC1. The van der Waals surface area contributed by atoms with Crippen LogP contribution in [0.4, 0.5) is 5.69 Å². The fourth-order valence-electron chi connectivity index (χ4n) is 3.01. The number of benzene rings is 1. The summed E-state index contributed by atoms with van der Waals surface area (Å²) in [6, 6.07) is 6.37. The van der Waals surface area contributed by atoms with Gasteiger partial charge in [0.1, 0.15) is 0 Å². The Kier molecular flexibility index (Phi) is 2.06. The molecule has 3 rings (SSSR count). The van der Waals surface area contributed by atoms with E-state index in [1.165, 1.54) is 17.5 Å². The van der Waals surface area contributed by atoms with Crippen molar-refractivity contribution in [2.24, 2.45) is 0 Å². The van der Waals surface area contributed by atoms with E-state index < -0.39 is 0 Å². The molecule has 1 aliphatic heterocycles. The Labute approximate surface area is 96.1 Å². The van der Waals surface area contributed by atoms with E-state index in [0.717, 1.165) is 31.4 Å². The minimum Gasteiger partial charge on any atom is -0.325 e. The largest absolute Gasteiger partial charge is 0.325 e. The highest BCUT2D eigenvalue weighted by Crippen LogP contribution is 2.51. The Morgan fingerprint density at radius 2 is 2.19 bits per heavy atom. The molecule has 2 heteroatoms. The van der Waals surface area contributed by atoms with Crippen LogP contribution in [0.2, 0.25) is 0 Å². The number of anilines is 1. The predicted octanol–water partition coefficient (Wildman–Crippen LogP) is 3.01. The van der Waals surface area contributed by atoms with Gasteiger partial charge in [0.25, 0.3) is 0 Å². The van der Waals surface area contributed by atoms with E-state index in [0.29, 0.717) is 0 Å². The first-order chi connectivity index (χ1) is 7.78. The number of aryl methyl sites for hydroxylation is 1. The first kappa shape index (κ1) is 9.88. The number of rotatable bonds is 2. The second-order valence-electron chi connectivity index (χ2n) is 4.98. The molecule has 1 heterocycles. The smallest absolute Gasteiger partial charge is 0.235 e. The minimum atomic E-state index is -0.154. The molecule has 1 N–H and O–H groups in total. The third-order valence-electron chi connectivity index (χ3n) is 4.07. The average Bonchev–Trinajstić information content (AvgIpc) is 2.51. The molecule has 1 aromatic carbocycles. The van der Waals surface area contributed by atoms with Gasteiger partial charge in [-0.3, -0.25) is 4.79 Å². The van der Waals surface area contributed by atoms with Crippen LogP contribution in [-0.2, 0) is 16.6 Å². The van der Waals surface area contributed by atoms with E-state index in [9.17, 15) is 4.79 Å². The minimum absolute atomic E-state index is 0.154. The number of amides is 1. The van der Waals surface area contributed by atoms with E-state index in [1.807, 2.05) is 0 Å². The Morgan fingerprint density at radius 3 is 2.81 bits per heavy atom. The maximum Gasteiger partial charge on any atom is 0.235 e. The van der Waals surface area contributed by atoms with E-state index in [1.54, 1.807) is 0 Å². The summed E-state index contributed by atoms with van der Waals surface area (Å²) in [6.07, 6.45) is 5.42. The summed E-state index contributed by atoms with van der Waals surface area (Å²) in [4.78, 5) is 12.1. The summed E-state index contributed by atoms with van der Waals surface area (Å²) < 4.78 is 0. The molecule has 0 radical (unpaired) electrons. The maximum absolute atomic E-state index is 12.1. The summed E-state index contributed by atoms with van der Waals surface area (Å²) in [7, 11) is 0. The summed E-state index contributed by atoms with van der Waals surface area (Å²) in [5.41, 5.74) is 3.53. The molecule has 1 saturated carbocycles. The zero-order valence-corrected chi connectivity index (χ0v) is 9.68. The van der Waals surface area contributed by atoms with Gasteiger partial charge in [-0.25, -0.2) is 0 Å². The molecule has 2 aliphatic rings. The lowest BCUT2D eigenvalue weighted by atomic mass is 9.65. The van der Waals surface area contributed by atoms with Crippen molar-refractivity contribution in [3.8, 4) is 0 Å². The quantitative estimate of drug-likeness (QED) is 0.807. The lowest BCUT2D eigenvalue weighted by Gasteiger charge is -2.36. The van der Waals surface area contributed by atoms with Gasteiger partial charge in [0.05, 0.1) is 5.41 Å². The molecule has 84 valence electrons. The molecule has 0 bridgehead atoms. The first-order valence-corrected chi connectivity index (χ1v) is 6.22.